The summed E-state index contributed by atoms with van der Waals surface area (Å²) in [5.74, 6) is 0. The number of thiophene rings is 1. The van der Waals surface area contributed by atoms with E-state index in [1.807, 2.05) is 43.3 Å². The second-order valence-electron chi connectivity index (χ2n) is 6.49. The first-order chi connectivity index (χ1) is 14.3. The lowest BCUT2D eigenvalue weighted by Gasteiger charge is -2.07. The molecule has 6 heteroatoms. The number of benzene rings is 2. The normalized spacial score (nSPS) is 12.3. The van der Waals surface area contributed by atoms with Crippen LogP contribution in [0.15, 0.2) is 60.7 Å². The predicted octanol–water partition coefficient (Wildman–Crippen LogP) is 7.56. The van der Waals surface area contributed by atoms with Gasteiger partial charge in [0.1, 0.15) is 0 Å². The molecule has 0 saturated carbocycles. The van der Waals surface area contributed by atoms with Crippen LogP contribution < -0.4 is 0 Å². The maximum Gasteiger partial charge on any atom is 0.416 e. The van der Waals surface area contributed by atoms with Gasteiger partial charge in [-0.2, -0.15) is 18.4 Å². The van der Waals surface area contributed by atoms with Crippen LogP contribution in [0.5, 0.6) is 0 Å². The first-order valence-corrected chi connectivity index (χ1v) is 9.67. The molecule has 0 N–H and O–H groups in total. The first-order valence-electron chi connectivity index (χ1n) is 8.85. The fraction of sp³-hybridized carbons (Fsp3) is 0.0833. The molecule has 0 spiro atoms. The number of aryl methyl sites for hydroxylation is 1. The number of alkyl halides is 3. The zero-order chi connectivity index (χ0) is 21.7. The van der Waals surface area contributed by atoms with Crippen LogP contribution in [0.4, 0.5) is 13.2 Å². The Labute approximate surface area is 176 Å². The number of rotatable bonds is 4. The van der Waals surface area contributed by atoms with E-state index >= 15 is 0 Å². The van der Waals surface area contributed by atoms with Gasteiger partial charge in [-0.1, -0.05) is 54.1 Å². The van der Waals surface area contributed by atoms with Gasteiger partial charge < -0.3 is 0 Å². The van der Waals surface area contributed by atoms with Crippen LogP contribution in [0, 0.1) is 24.8 Å². The van der Waals surface area contributed by atoms with E-state index in [0.29, 0.717) is 11.1 Å². The average Bonchev–Trinajstić information content (AvgIpc) is 3.17. The molecule has 0 aliphatic carbocycles. The molecule has 3 rings (SSSR count). The summed E-state index contributed by atoms with van der Waals surface area (Å²) >= 11 is 1.39. The number of hydrogen-bond donors (Lipinski definition) is 0. The van der Waals surface area contributed by atoms with Gasteiger partial charge in [-0.25, -0.2) is 4.85 Å². The third-order valence-electron chi connectivity index (χ3n) is 4.32. The number of hydrogen-bond acceptors (Lipinski definition) is 2. The molecule has 30 heavy (non-hydrogen) atoms. The first kappa shape index (κ1) is 21.1. The molecule has 0 aliphatic heterocycles. The molecular formula is C24H15F3N2S. The molecule has 0 atom stereocenters. The summed E-state index contributed by atoms with van der Waals surface area (Å²) in [6.45, 7) is 9.36. The predicted molar refractivity (Wildman–Crippen MR) is 115 cm³/mol. The Bertz CT molecular complexity index is 1180. The topological polar surface area (TPSA) is 28.1 Å². The van der Waals surface area contributed by atoms with Gasteiger partial charge in [-0.3, -0.25) is 0 Å². The molecule has 2 nitrogen and oxygen atoms in total. The van der Waals surface area contributed by atoms with Crippen LogP contribution in [0.3, 0.4) is 0 Å². The summed E-state index contributed by atoms with van der Waals surface area (Å²) in [7, 11) is 0. The summed E-state index contributed by atoms with van der Waals surface area (Å²) < 4.78 is 38.2. The number of nitriles is 1. The molecule has 0 bridgehead atoms. The van der Waals surface area contributed by atoms with Crippen molar-refractivity contribution in [1.82, 2.24) is 0 Å². The van der Waals surface area contributed by atoms with Crippen molar-refractivity contribution >= 4 is 34.8 Å². The molecule has 2 aromatic carbocycles. The van der Waals surface area contributed by atoms with E-state index in [1.165, 1.54) is 23.5 Å². The summed E-state index contributed by atoms with van der Waals surface area (Å²) in [5.41, 5.74) is 2.37. The van der Waals surface area contributed by atoms with Crippen molar-refractivity contribution in [3.8, 4) is 6.07 Å². The van der Waals surface area contributed by atoms with Gasteiger partial charge in [0.05, 0.1) is 23.8 Å². The van der Waals surface area contributed by atoms with E-state index in [-0.39, 0.29) is 5.70 Å². The number of halogens is 3. The van der Waals surface area contributed by atoms with Crippen LogP contribution in [0.1, 0.15) is 32.0 Å². The van der Waals surface area contributed by atoms with Crippen molar-refractivity contribution in [3.05, 3.63) is 104 Å². The second kappa shape index (κ2) is 8.82. The zero-order valence-electron chi connectivity index (χ0n) is 15.9. The average molecular weight is 420 g/mol. The molecule has 148 valence electrons. The number of allylic oxidation sites excluding steroid dienone is 1. The smallest absolute Gasteiger partial charge is 0.237 e. The van der Waals surface area contributed by atoms with E-state index in [9.17, 15) is 18.4 Å². The van der Waals surface area contributed by atoms with E-state index in [0.717, 1.165) is 33.0 Å². The Morgan fingerprint density at radius 2 is 1.50 bits per heavy atom. The van der Waals surface area contributed by atoms with Gasteiger partial charge in [0.25, 0.3) is 0 Å². The molecule has 0 aliphatic rings. The van der Waals surface area contributed by atoms with Crippen LogP contribution in [0.2, 0.25) is 0 Å². The van der Waals surface area contributed by atoms with Crippen molar-refractivity contribution in [2.45, 2.75) is 13.1 Å². The highest BCUT2D eigenvalue weighted by molar-refractivity contribution is 7.13. The van der Waals surface area contributed by atoms with Crippen molar-refractivity contribution in [2.75, 3.05) is 0 Å². The highest BCUT2D eigenvalue weighted by Crippen LogP contribution is 2.31. The summed E-state index contributed by atoms with van der Waals surface area (Å²) in [5, 5.41) is 9.48. The molecule has 1 heterocycles. The Balaban J connectivity index is 1.87. The van der Waals surface area contributed by atoms with Crippen LogP contribution in [-0.2, 0) is 6.18 Å². The molecule has 0 amide bonds. The minimum Gasteiger partial charge on any atom is -0.237 e. The van der Waals surface area contributed by atoms with E-state index in [4.69, 9.17) is 6.57 Å². The molecule has 0 unspecified atom stereocenters. The summed E-state index contributed by atoms with van der Waals surface area (Å²) in [6, 6.07) is 18.1. The highest BCUT2D eigenvalue weighted by Gasteiger charge is 2.30. The van der Waals surface area contributed by atoms with E-state index in [1.54, 1.807) is 12.2 Å². The van der Waals surface area contributed by atoms with E-state index < -0.39 is 11.7 Å². The molecule has 0 radical (unpaired) electrons. The Morgan fingerprint density at radius 1 is 0.933 bits per heavy atom. The van der Waals surface area contributed by atoms with Crippen LogP contribution in [-0.4, -0.2) is 0 Å². The summed E-state index contributed by atoms with van der Waals surface area (Å²) in [6.07, 6.45) is -0.997. The Hall–Kier alpha value is -3.61. The van der Waals surface area contributed by atoms with Crippen molar-refractivity contribution < 1.29 is 13.2 Å². The third-order valence-corrected chi connectivity index (χ3v) is 5.30. The van der Waals surface area contributed by atoms with Gasteiger partial charge in [0, 0.05) is 9.75 Å². The lowest BCUT2D eigenvalue weighted by atomic mass is 10.0. The molecule has 0 fully saturated rings. The third kappa shape index (κ3) is 5.05. The van der Waals surface area contributed by atoms with E-state index in [2.05, 4.69) is 10.9 Å². The quantitative estimate of drug-likeness (QED) is 0.316. The van der Waals surface area contributed by atoms with Crippen molar-refractivity contribution in [1.29, 1.82) is 5.26 Å². The highest BCUT2D eigenvalue weighted by atomic mass is 32.1. The number of nitrogens with zero attached hydrogens (tertiary/aromatic N) is 2. The van der Waals surface area contributed by atoms with Gasteiger partial charge in [0.15, 0.2) is 5.70 Å². The second-order valence-corrected chi connectivity index (χ2v) is 7.64. The van der Waals surface area contributed by atoms with Gasteiger partial charge in [-0.05, 0) is 42.3 Å². The Kier molecular flexibility index (Phi) is 6.20. The van der Waals surface area contributed by atoms with Gasteiger partial charge in [-0.15, -0.1) is 11.3 Å². The fourth-order valence-electron chi connectivity index (χ4n) is 2.72. The van der Waals surface area contributed by atoms with Gasteiger partial charge in [0.2, 0.25) is 0 Å². The summed E-state index contributed by atoms with van der Waals surface area (Å²) in [4.78, 5) is 5.07. The fourth-order valence-corrected chi connectivity index (χ4v) is 3.62. The monoisotopic (exact) mass is 420 g/mol. The lowest BCUT2D eigenvalue weighted by molar-refractivity contribution is -0.137. The van der Waals surface area contributed by atoms with Crippen molar-refractivity contribution in [3.63, 3.8) is 0 Å². The minimum atomic E-state index is -4.41. The zero-order valence-corrected chi connectivity index (χ0v) is 16.7. The lowest BCUT2D eigenvalue weighted by Crippen LogP contribution is -2.04. The van der Waals surface area contributed by atoms with Gasteiger partial charge >= 0.3 is 6.18 Å². The maximum atomic E-state index is 12.7. The molecular weight excluding hydrogens is 405 g/mol. The SMILES string of the molecule is [C-]#[N+]/C(=C\c1ccc(/C=C(\C#N)c2ccc(C)cc2)s1)c1ccc(C(F)(F)F)cc1. The van der Waals surface area contributed by atoms with Crippen molar-refractivity contribution in [2.24, 2.45) is 0 Å². The van der Waals surface area contributed by atoms with Crippen LogP contribution >= 0.6 is 11.3 Å². The minimum absolute atomic E-state index is 0.250. The molecule has 0 saturated heterocycles. The standard InChI is InChI=1S/C24H15F3N2S/c1-16-3-5-17(6-4-16)19(15-28)13-21-11-12-22(30-21)14-23(29-2)18-7-9-20(10-8-18)24(25,26)27/h3-14H,1H3/b19-13+,23-14-. The Morgan fingerprint density at radius 3 is 2.03 bits per heavy atom. The molecule has 1 aromatic heterocycles. The largest absolute Gasteiger partial charge is 0.416 e. The maximum absolute atomic E-state index is 12.7. The van der Waals surface area contributed by atoms with Crippen LogP contribution in [0.25, 0.3) is 28.3 Å². The molecule has 3 aromatic rings.